The number of hydrogen-bond acceptors (Lipinski definition) is 2. The molecule has 2 aromatic carbocycles. The van der Waals surface area contributed by atoms with Crippen molar-refractivity contribution >= 4 is 22.3 Å². The van der Waals surface area contributed by atoms with Gasteiger partial charge in [-0.1, -0.05) is 30.3 Å². The maximum absolute atomic E-state index is 7.79. The van der Waals surface area contributed by atoms with Gasteiger partial charge in [0.05, 0.1) is 16.9 Å². The first-order chi connectivity index (χ1) is 9.65. The van der Waals surface area contributed by atoms with E-state index in [9.17, 15) is 0 Å². The van der Waals surface area contributed by atoms with E-state index in [-0.39, 0.29) is 0 Å². The summed E-state index contributed by atoms with van der Waals surface area (Å²) < 4.78 is 0. The summed E-state index contributed by atoms with van der Waals surface area (Å²) in [6.07, 6.45) is 0. The van der Waals surface area contributed by atoms with Crippen LogP contribution >= 0.6 is 0 Å². The highest BCUT2D eigenvalue weighted by atomic mass is 15.1. The molecular weight excluding hydrogens is 246 g/mol. The lowest BCUT2D eigenvalue weighted by Gasteiger charge is -2.17. The van der Waals surface area contributed by atoms with Crippen LogP contribution < -0.4 is 10.6 Å². The molecule has 1 heterocycles. The molecule has 0 spiro atoms. The molecule has 0 aliphatic rings. The minimum atomic E-state index is 0.509. The Balaban J connectivity index is 2.29. The Morgan fingerprint density at radius 3 is 2.40 bits per heavy atom. The van der Waals surface area contributed by atoms with Gasteiger partial charge >= 0.3 is 0 Å². The first kappa shape index (κ1) is 12.5. The Hall–Kier alpha value is -2.55. The number of fused-ring (bicyclic) bond motifs is 1. The van der Waals surface area contributed by atoms with E-state index in [0.717, 1.165) is 27.8 Å². The molecule has 0 fully saturated rings. The van der Waals surface area contributed by atoms with Gasteiger partial charge in [0, 0.05) is 30.7 Å². The van der Waals surface area contributed by atoms with Crippen molar-refractivity contribution in [3.8, 4) is 11.3 Å². The number of benzene rings is 2. The maximum atomic E-state index is 7.79. The molecular formula is C17H16N3. The van der Waals surface area contributed by atoms with Crippen LogP contribution in [0.3, 0.4) is 0 Å². The third kappa shape index (κ3) is 2.18. The number of aromatic nitrogens is 1. The lowest BCUT2D eigenvalue weighted by atomic mass is 10.1. The van der Waals surface area contributed by atoms with E-state index in [4.69, 9.17) is 10.7 Å². The molecule has 0 atom stereocenters. The molecule has 0 unspecified atom stereocenters. The molecule has 1 aromatic heterocycles. The second-order valence-corrected chi connectivity index (χ2v) is 5.02. The molecule has 0 amide bonds. The maximum Gasteiger partial charge on any atom is 0.0731 e. The van der Waals surface area contributed by atoms with E-state index >= 15 is 0 Å². The van der Waals surface area contributed by atoms with Crippen molar-refractivity contribution in [3.05, 3.63) is 54.6 Å². The SMILES string of the molecule is CN(C)c1cc(-c2ccccc2)nc2ccc([NH])cc12. The van der Waals surface area contributed by atoms with E-state index in [1.807, 2.05) is 44.4 Å². The fourth-order valence-corrected chi connectivity index (χ4v) is 2.33. The van der Waals surface area contributed by atoms with Crippen molar-refractivity contribution in [2.24, 2.45) is 0 Å². The zero-order valence-corrected chi connectivity index (χ0v) is 11.6. The van der Waals surface area contributed by atoms with Crippen LogP contribution in [0.1, 0.15) is 0 Å². The van der Waals surface area contributed by atoms with Crippen molar-refractivity contribution in [2.75, 3.05) is 19.0 Å². The van der Waals surface area contributed by atoms with E-state index in [2.05, 4.69) is 23.1 Å². The van der Waals surface area contributed by atoms with E-state index in [0.29, 0.717) is 5.69 Å². The molecule has 0 aliphatic carbocycles. The number of pyridine rings is 1. The minimum Gasteiger partial charge on any atom is -0.377 e. The summed E-state index contributed by atoms with van der Waals surface area (Å²) in [6, 6.07) is 17.8. The van der Waals surface area contributed by atoms with Crippen LogP contribution in [0.5, 0.6) is 0 Å². The van der Waals surface area contributed by atoms with Crippen LogP contribution in [0, 0.1) is 0 Å². The summed E-state index contributed by atoms with van der Waals surface area (Å²) in [7, 11) is 4.03. The summed E-state index contributed by atoms with van der Waals surface area (Å²) in [5.74, 6) is 0. The third-order valence-corrected chi connectivity index (χ3v) is 3.34. The van der Waals surface area contributed by atoms with E-state index < -0.39 is 0 Å². The predicted molar refractivity (Wildman–Crippen MR) is 84.3 cm³/mol. The van der Waals surface area contributed by atoms with Gasteiger partial charge < -0.3 is 10.6 Å². The number of rotatable bonds is 2. The van der Waals surface area contributed by atoms with Crippen LogP contribution in [-0.2, 0) is 0 Å². The Labute approximate surface area is 118 Å². The summed E-state index contributed by atoms with van der Waals surface area (Å²) in [4.78, 5) is 6.78. The monoisotopic (exact) mass is 262 g/mol. The summed E-state index contributed by atoms with van der Waals surface area (Å²) in [5.41, 5.74) is 12.4. The molecule has 20 heavy (non-hydrogen) atoms. The van der Waals surface area contributed by atoms with Gasteiger partial charge in [-0.3, -0.25) is 0 Å². The van der Waals surface area contributed by atoms with Crippen molar-refractivity contribution in [1.29, 1.82) is 0 Å². The van der Waals surface area contributed by atoms with Gasteiger partial charge in [0.1, 0.15) is 0 Å². The van der Waals surface area contributed by atoms with Crippen LogP contribution in [-0.4, -0.2) is 19.1 Å². The molecule has 3 heteroatoms. The first-order valence-corrected chi connectivity index (χ1v) is 6.54. The summed E-state index contributed by atoms with van der Waals surface area (Å²) >= 11 is 0. The second kappa shape index (κ2) is 4.85. The highest BCUT2D eigenvalue weighted by Gasteiger charge is 2.09. The summed E-state index contributed by atoms with van der Waals surface area (Å²) in [5, 5.41) is 1.02. The van der Waals surface area contributed by atoms with Gasteiger partial charge in [0.25, 0.3) is 0 Å². The number of anilines is 1. The molecule has 3 aromatic rings. The fraction of sp³-hybridized carbons (Fsp3) is 0.118. The fourth-order valence-electron chi connectivity index (χ4n) is 2.33. The number of hydrogen-bond donors (Lipinski definition) is 0. The lowest BCUT2D eigenvalue weighted by Crippen LogP contribution is -2.09. The van der Waals surface area contributed by atoms with Crippen LogP contribution in [0.25, 0.3) is 22.2 Å². The van der Waals surface area contributed by atoms with E-state index in [1.54, 1.807) is 6.07 Å². The molecule has 3 nitrogen and oxygen atoms in total. The molecule has 0 bridgehead atoms. The highest BCUT2D eigenvalue weighted by molar-refractivity contribution is 5.95. The van der Waals surface area contributed by atoms with Gasteiger partial charge in [0.2, 0.25) is 0 Å². The van der Waals surface area contributed by atoms with Crippen molar-refractivity contribution in [3.63, 3.8) is 0 Å². The highest BCUT2D eigenvalue weighted by Crippen LogP contribution is 2.31. The Kier molecular flexibility index (Phi) is 3.03. The molecule has 0 saturated carbocycles. The zero-order valence-electron chi connectivity index (χ0n) is 11.6. The lowest BCUT2D eigenvalue weighted by molar-refractivity contribution is 1.14. The number of nitrogens with zero attached hydrogens (tertiary/aromatic N) is 2. The normalized spacial score (nSPS) is 10.7. The second-order valence-electron chi connectivity index (χ2n) is 5.02. The predicted octanol–water partition coefficient (Wildman–Crippen LogP) is 3.88. The Morgan fingerprint density at radius 1 is 0.950 bits per heavy atom. The van der Waals surface area contributed by atoms with Gasteiger partial charge in [-0.2, -0.15) is 0 Å². The first-order valence-electron chi connectivity index (χ1n) is 6.54. The Morgan fingerprint density at radius 2 is 1.70 bits per heavy atom. The van der Waals surface area contributed by atoms with Gasteiger partial charge in [-0.25, -0.2) is 4.98 Å². The molecule has 0 aliphatic heterocycles. The molecule has 1 N–H and O–H groups in total. The van der Waals surface area contributed by atoms with Crippen LogP contribution in [0.2, 0.25) is 0 Å². The average molecular weight is 262 g/mol. The largest absolute Gasteiger partial charge is 0.377 e. The topological polar surface area (TPSA) is 39.9 Å². The molecule has 1 radical (unpaired) electrons. The standard InChI is InChI=1S/C17H16N3/c1-20(2)17-11-16(12-6-4-3-5-7-12)19-15-9-8-13(18)10-14(15)17/h3-11,18H,1-2H3. The molecule has 3 rings (SSSR count). The number of nitrogens with one attached hydrogen (secondary N) is 1. The van der Waals surface area contributed by atoms with Crippen molar-refractivity contribution < 1.29 is 0 Å². The molecule has 0 saturated heterocycles. The average Bonchev–Trinajstić information content (AvgIpc) is 2.47. The molecule has 99 valence electrons. The quantitative estimate of drug-likeness (QED) is 0.703. The van der Waals surface area contributed by atoms with Gasteiger partial charge in [-0.05, 0) is 24.3 Å². The van der Waals surface area contributed by atoms with Crippen LogP contribution in [0.15, 0.2) is 54.6 Å². The smallest absolute Gasteiger partial charge is 0.0731 e. The summed E-state index contributed by atoms with van der Waals surface area (Å²) in [6.45, 7) is 0. The van der Waals surface area contributed by atoms with Crippen LogP contribution in [0.4, 0.5) is 11.4 Å². The van der Waals surface area contributed by atoms with Crippen molar-refractivity contribution in [2.45, 2.75) is 0 Å². The van der Waals surface area contributed by atoms with Gasteiger partial charge in [-0.15, -0.1) is 0 Å². The van der Waals surface area contributed by atoms with Crippen molar-refractivity contribution in [1.82, 2.24) is 10.7 Å². The minimum absolute atomic E-state index is 0.509. The van der Waals surface area contributed by atoms with E-state index in [1.165, 1.54) is 0 Å². The zero-order chi connectivity index (χ0) is 14.1. The third-order valence-electron chi connectivity index (χ3n) is 3.34. The Bertz CT molecular complexity index is 749. The van der Waals surface area contributed by atoms with Gasteiger partial charge in [0.15, 0.2) is 0 Å².